The van der Waals surface area contributed by atoms with E-state index in [0.717, 1.165) is 37.9 Å². The number of hydrogen-bond acceptors (Lipinski definition) is 6. The highest BCUT2D eigenvalue weighted by atomic mass is 35.5. The third-order valence-corrected chi connectivity index (χ3v) is 8.34. The highest BCUT2D eigenvalue weighted by Gasteiger charge is 2.30. The molecule has 3 aromatic rings. The number of halogens is 2. The van der Waals surface area contributed by atoms with Gasteiger partial charge in [0.05, 0.1) is 12.0 Å². The maximum absolute atomic E-state index is 13.4. The number of thiophene rings is 1. The molecule has 202 valence electrons. The Kier molecular flexibility index (Phi) is 10.1. The van der Waals surface area contributed by atoms with E-state index >= 15 is 0 Å². The average molecular weight is 575 g/mol. The molecule has 0 spiro atoms. The number of aromatic nitrogens is 2. The molecule has 0 unspecified atom stereocenters. The summed E-state index contributed by atoms with van der Waals surface area (Å²) in [6, 6.07) is 8.05. The van der Waals surface area contributed by atoms with Crippen molar-refractivity contribution < 1.29 is 9.59 Å². The second-order valence-electron chi connectivity index (χ2n) is 9.77. The number of rotatable bonds is 10. The smallest absolute Gasteiger partial charge is 0.254 e. The van der Waals surface area contributed by atoms with Crippen molar-refractivity contribution in [2.24, 2.45) is 0 Å². The quantitative estimate of drug-likeness (QED) is 0.328. The molecule has 2 amide bonds. The molecule has 7 nitrogen and oxygen atoms in total. The van der Waals surface area contributed by atoms with Crippen molar-refractivity contribution in [2.75, 3.05) is 19.6 Å². The largest absolute Gasteiger partial charge is 0.352 e. The predicted molar refractivity (Wildman–Crippen MR) is 153 cm³/mol. The van der Waals surface area contributed by atoms with Gasteiger partial charge in [0.1, 0.15) is 10.3 Å². The van der Waals surface area contributed by atoms with E-state index in [9.17, 15) is 9.59 Å². The van der Waals surface area contributed by atoms with E-state index in [1.54, 1.807) is 36.7 Å². The minimum Gasteiger partial charge on any atom is -0.352 e. The lowest BCUT2D eigenvalue weighted by molar-refractivity contribution is -0.134. The van der Waals surface area contributed by atoms with Crippen molar-refractivity contribution in [3.8, 4) is 0 Å². The van der Waals surface area contributed by atoms with E-state index in [1.165, 1.54) is 5.56 Å². The Morgan fingerprint density at radius 1 is 1.18 bits per heavy atom. The number of carbonyl (C=O) groups excluding carboxylic acids is 2. The van der Waals surface area contributed by atoms with Gasteiger partial charge in [-0.15, -0.1) is 0 Å². The van der Waals surface area contributed by atoms with Crippen LogP contribution in [0.2, 0.25) is 10.3 Å². The van der Waals surface area contributed by atoms with Gasteiger partial charge in [-0.3, -0.25) is 14.6 Å². The van der Waals surface area contributed by atoms with Gasteiger partial charge in [-0.25, -0.2) is 4.98 Å². The summed E-state index contributed by atoms with van der Waals surface area (Å²) in [4.78, 5) is 38.6. The van der Waals surface area contributed by atoms with Gasteiger partial charge < -0.3 is 15.1 Å². The first-order chi connectivity index (χ1) is 18.3. The van der Waals surface area contributed by atoms with Gasteiger partial charge in [-0.1, -0.05) is 23.2 Å². The van der Waals surface area contributed by atoms with Crippen LogP contribution >= 0.6 is 34.5 Å². The zero-order valence-electron chi connectivity index (χ0n) is 21.7. The van der Waals surface area contributed by atoms with Crippen LogP contribution in [0.5, 0.6) is 0 Å². The lowest BCUT2D eigenvalue weighted by Crippen LogP contribution is -2.49. The fraction of sp³-hybridized carbons (Fsp3) is 0.429. The molecule has 1 aliphatic heterocycles. The molecule has 4 heterocycles. The molecule has 1 fully saturated rings. The molecule has 38 heavy (non-hydrogen) atoms. The summed E-state index contributed by atoms with van der Waals surface area (Å²) in [5, 5.41) is 7.54. The number of carbonyl (C=O) groups is 2. The number of nitrogens with zero attached hydrogens (tertiary/aromatic N) is 4. The average Bonchev–Trinajstić information content (AvgIpc) is 3.41. The summed E-state index contributed by atoms with van der Waals surface area (Å²) in [5.74, 6) is -0.0818. The lowest BCUT2D eigenvalue weighted by Gasteiger charge is -2.41. The maximum atomic E-state index is 13.4. The van der Waals surface area contributed by atoms with Crippen LogP contribution in [-0.2, 0) is 17.8 Å². The first-order valence-corrected chi connectivity index (χ1v) is 14.6. The molecule has 1 N–H and O–H groups in total. The SMILES string of the molecule is Cc1cc(Cl)nc(Cl)c1C(=O)NCC[C@@H](C)N1CCC(N(Cc2ccsc2)C(=O)Cc2ccncc2)CC1. The molecular formula is C28H33Cl2N5O2S. The highest BCUT2D eigenvalue weighted by molar-refractivity contribution is 7.07. The van der Waals surface area contributed by atoms with E-state index in [-0.39, 0.29) is 28.2 Å². The van der Waals surface area contributed by atoms with E-state index < -0.39 is 0 Å². The van der Waals surface area contributed by atoms with Gasteiger partial charge >= 0.3 is 0 Å². The summed E-state index contributed by atoms with van der Waals surface area (Å²) in [7, 11) is 0. The summed E-state index contributed by atoms with van der Waals surface area (Å²) in [5.41, 5.74) is 3.23. The van der Waals surface area contributed by atoms with Crippen molar-refractivity contribution in [1.82, 2.24) is 25.1 Å². The number of piperidine rings is 1. The summed E-state index contributed by atoms with van der Waals surface area (Å²) < 4.78 is 0. The third kappa shape index (κ3) is 7.53. The molecule has 1 aliphatic rings. The van der Waals surface area contributed by atoms with E-state index in [0.29, 0.717) is 36.7 Å². The zero-order chi connectivity index (χ0) is 27.1. The number of aryl methyl sites for hydroxylation is 1. The second kappa shape index (κ2) is 13.5. The summed E-state index contributed by atoms with van der Waals surface area (Å²) >= 11 is 13.7. The van der Waals surface area contributed by atoms with Crippen LogP contribution in [0, 0.1) is 6.92 Å². The van der Waals surface area contributed by atoms with Crippen LogP contribution in [0.3, 0.4) is 0 Å². The van der Waals surface area contributed by atoms with E-state index in [1.807, 2.05) is 12.1 Å². The number of likely N-dealkylation sites (tertiary alicyclic amines) is 1. The number of hydrogen-bond donors (Lipinski definition) is 1. The van der Waals surface area contributed by atoms with Gasteiger partial charge in [0, 0.05) is 50.7 Å². The Balaban J connectivity index is 1.29. The van der Waals surface area contributed by atoms with Crippen LogP contribution < -0.4 is 5.32 Å². The minimum absolute atomic E-state index is 0.119. The molecule has 0 bridgehead atoms. The summed E-state index contributed by atoms with van der Waals surface area (Å²) in [6.45, 7) is 6.98. The van der Waals surface area contributed by atoms with Crippen LogP contribution in [0.4, 0.5) is 0 Å². The fourth-order valence-electron chi connectivity index (χ4n) is 4.95. The Labute approximate surface area is 238 Å². The molecular weight excluding hydrogens is 541 g/mol. The Hall–Kier alpha value is -2.52. The van der Waals surface area contributed by atoms with Crippen molar-refractivity contribution in [1.29, 1.82) is 0 Å². The third-order valence-electron chi connectivity index (χ3n) is 7.14. The van der Waals surface area contributed by atoms with Gasteiger partial charge in [0.2, 0.25) is 5.91 Å². The number of amides is 2. The Morgan fingerprint density at radius 3 is 2.58 bits per heavy atom. The first kappa shape index (κ1) is 28.5. The minimum atomic E-state index is -0.237. The molecule has 1 atom stereocenters. The highest BCUT2D eigenvalue weighted by Crippen LogP contribution is 2.24. The maximum Gasteiger partial charge on any atom is 0.254 e. The van der Waals surface area contributed by atoms with Gasteiger partial charge in [-0.2, -0.15) is 11.3 Å². The molecule has 4 rings (SSSR count). The Morgan fingerprint density at radius 2 is 1.92 bits per heavy atom. The first-order valence-electron chi connectivity index (χ1n) is 12.9. The molecule has 0 aromatic carbocycles. The standard InChI is InChI=1S/C28H33Cl2N5O2S/c1-19-15-24(29)33-27(30)26(19)28(37)32-11-3-20(2)34-12-6-23(7-13-34)35(17-22-8-14-38-18-22)25(36)16-21-4-9-31-10-5-21/h4-5,8-10,14-15,18,20,23H,3,6-7,11-13,16-17H2,1-2H3,(H,32,37)/t20-/m1/s1. The zero-order valence-corrected chi connectivity index (χ0v) is 24.0. The number of nitrogens with one attached hydrogen (secondary N) is 1. The molecule has 0 saturated carbocycles. The van der Waals surface area contributed by atoms with Gasteiger partial charge in [-0.05, 0) is 84.8 Å². The van der Waals surface area contributed by atoms with Crippen LogP contribution in [-0.4, -0.2) is 63.3 Å². The van der Waals surface area contributed by atoms with E-state index in [4.69, 9.17) is 23.2 Å². The van der Waals surface area contributed by atoms with Crippen LogP contribution in [0.15, 0.2) is 47.4 Å². The molecule has 0 radical (unpaired) electrons. The normalized spacial score (nSPS) is 15.3. The van der Waals surface area contributed by atoms with Crippen molar-refractivity contribution in [3.05, 3.63) is 80.0 Å². The topological polar surface area (TPSA) is 78.4 Å². The number of pyridine rings is 2. The van der Waals surface area contributed by atoms with Gasteiger partial charge in [0.15, 0.2) is 0 Å². The molecule has 1 saturated heterocycles. The van der Waals surface area contributed by atoms with Crippen molar-refractivity contribution in [3.63, 3.8) is 0 Å². The molecule has 10 heteroatoms. The van der Waals surface area contributed by atoms with Crippen LogP contribution in [0.1, 0.15) is 53.2 Å². The van der Waals surface area contributed by atoms with Crippen molar-refractivity contribution >= 4 is 46.4 Å². The Bertz CT molecular complexity index is 1190. The van der Waals surface area contributed by atoms with Gasteiger partial charge in [0.25, 0.3) is 5.91 Å². The molecule has 3 aromatic heterocycles. The summed E-state index contributed by atoms with van der Waals surface area (Å²) in [6.07, 6.45) is 6.51. The predicted octanol–water partition coefficient (Wildman–Crippen LogP) is 5.40. The lowest BCUT2D eigenvalue weighted by atomic mass is 9.99. The molecule has 0 aliphatic carbocycles. The van der Waals surface area contributed by atoms with Crippen LogP contribution in [0.25, 0.3) is 0 Å². The fourth-order valence-corrected chi connectivity index (χ4v) is 6.23. The van der Waals surface area contributed by atoms with Crippen molar-refractivity contribution in [2.45, 2.75) is 58.2 Å². The second-order valence-corrected chi connectivity index (χ2v) is 11.3. The monoisotopic (exact) mass is 573 g/mol. The van der Waals surface area contributed by atoms with E-state index in [2.05, 4.69) is 48.8 Å².